The molecule has 0 aromatic rings. The molecule has 0 bridgehead atoms. The summed E-state index contributed by atoms with van der Waals surface area (Å²) in [7, 11) is 0. The number of hydrogen-bond donors (Lipinski definition) is 0. The zero-order chi connectivity index (χ0) is 18.2. The van der Waals surface area contributed by atoms with Crippen molar-refractivity contribution in [3.8, 4) is 0 Å². The standard InChI is InChI=1S/C23H46N2/c1-4-7-10-12-14-16-18-23-24(19-9-6-3)21-22-25(23)20-17-15-13-11-8-5-2/h21-23H,4-20H2,1-3H3. The molecule has 1 unspecified atom stereocenters. The van der Waals surface area contributed by atoms with Crippen molar-refractivity contribution in [2.45, 2.75) is 123 Å². The van der Waals surface area contributed by atoms with E-state index in [1.54, 1.807) is 0 Å². The van der Waals surface area contributed by atoms with Gasteiger partial charge in [-0.1, -0.05) is 91.4 Å². The second-order valence-corrected chi connectivity index (χ2v) is 7.93. The van der Waals surface area contributed by atoms with Crippen LogP contribution in [0.3, 0.4) is 0 Å². The summed E-state index contributed by atoms with van der Waals surface area (Å²) < 4.78 is 0. The molecule has 0 saturated heterocycles. The maximum atomic E-state index is 2.64. The fourth-order valence-electron chi connectivity index (χ4n) is 3.86. The summed E-state index contributed by atoms with van der Waals surface area (Å²) in [4.78, 5) is 5.26. The van der Waals surface area contributed by atoms with Gasteiger partial charge in [0.2, 0.25) is 0 Å². The molecule has 0 saturated carbocycles. The van der Waals surface area contributed by atoms with Gasteiger partial charge in [-0.3, -0.25) is 0 Å². The van der Waals surface area contributed by atoms with Gasteiger partial charge in [0, 0.05) is 25.5 Å². The number of hydrogen-bond acceptors (Lipinski definition) is 2. The summed E-state index contributed by atoms with van der Waals surface area (Å²) in [6.45, 7) is 9.39. The van der Waals surface area contributed by atoms with E-state index in [0.29, 0.717) is 6.17 Å². The van der Waals surface area contributed by atoms with Gasteiger partial charge in [0.1, 0.15) is 6.17 Å². The van der Waals surface area contributed by atoms with E-state index >= 15 is 0 Å². The van der Waals surface area contributed by atoms with Crippen LogP contribution in [-0.4, -0.2) is 29.1 Å². The molecule has 2 heteroatoms. The molecule has 148 valence electrons. The fraction of sp³-hybridized carbons (Fsp3) is 0.913. The van der Waals surface area contributed by atoms with Crippen LogP contribution in [0.25, 0.3) is 0 Å². The van der Waals surface area contributed by atoms with Crippen LogP contribution in [0.5, 0.6) is 0 Å². The lowest BCUT2D eigenvalue weighted by Gasteiger charge is -2.33. The molecular weight excluding hydrogens is 304 g/mol. The average Bonchev–Trinajstić information content (AvgIpc) is 3.01. The molecule has 0 fully saturated rings. The molecule has 1 heterocycles. The van der Waals surface area contributed by atoms with Crippen LogP contribution in [0.2, 0.25) is 0 Å². The SMILES string of the molecule is CCCCCCCCC1N(CCCC)C=CN1CCCCCCCC. The smallest absolute Gasteiger partial charge is 0.101 e. The Hall–Kier alpha value is -0.660. The van der Waals surface area contributed by atoms with Crippen molar-refractivity contribution in [3.05, 3.63) is 12.4 Å². The average molecular weight is 351 g/mol. The Morgan fingerprint density at radius 3 is 1.52 bits per heavy atom. The molecule has 2 nitrogen and oxygen atoms in total. The minimum atomic E-state index is 0.647. The van der Waals surface area contributed by atoms with E-state index in [9.17, 15) is 0 Å². The summed E-state index contributed by atoms with van der Waals surface area (Å²) in [6, 6.07) is 0. The lowest BCUT2D eigenvalue weighted by Crippen LogP contribution is -2.39. The van der Waals surface area contributed by atoms with Crippen molar-refractivity contribution >= 4 is 0 Å². The van der Waals surface area contributed by atoms with E-state index in [2.05, 4.69) is 43.0 Å². The molecule has 1 rings (SSSR count). The first-order chi connectivity index (χ1) is 12.3. The third kappa shape index (κ3) is 10.2. The largest absolute Gasteiger partial charge is 0.356 e. The van der Waals surface area contributed by atoms with Crippen molar-refractivity contribution in [1.29, 1.82) is 0 Å². The Labute approximate surface area is 159 Å². The third-order valence-corrected chi connectivity index (χ3v) is 5.57. The monoisotopic (exact) mass is 350 g/mol. The van der Waals surface area contributed by atoms with Gasteiger partial charge < -0.3 is 9.80 Å². The second kappa shape index (κ2) is 15.6. The van der Waals surface area contributed by atoms with Gasteiger partial charge in [-0.25, -0.2) is 0 Å². The third-order valence-electron chi connectivity index (χ3n) is 5.57. The lowest BCUT2D eigenvalue weighted by molar-refractivity contribution is 0.136. The highest BCUT2D eigenvalue weighted by Gasteiger charge is 2.24. The summed E-state index contributed by atoms with van der Waals surface area (Å²) in [5.74, 6) is 0. The van der Waals surface area contributed by atoms with E-state index in [4.69, 9.17) is 0 Å². The molecule has 0 radical (unpaired) electrons. The Bertz CT molecular complexity index is 313. The molecule has 1 aliphatic rings. The zero-order valence-electron chi connectivity index (χ0n) is 17.6. The van der Waals surface area contributed by atoms with Gasteiger partial charge in [0.25, 0.3) is 0 Å². The molecular formula is C23H46N2. The van der Waals surface area contributed by atoms with Crippen molar-refractivity contribution < 1.29 is 0 Å². The normalized spacial score (nSPS) is 17.0. The predicted molar refractivity (Wildman–Crippen MR) is 113 cm³/mol. The van der Waals surface area contributed by atoms with Crippen LogP contribution in [0, 0.1) is 0 Å². The van der Waals surface area contributed by atoms with Crippen molar-refractivity contribution in [2.75, 3.05) is 13.1 Å². The topological polar surface area (TPSA) is 6.48 Å². The lowest BCUT2D eigenvalue weighted by atomic mass is 10.1. The molecule has 1 aliphatic heterocycles. The molecule has 0 N–H and O–H groups in total. The van der Waals surface area contributed by atoms with Gasteiger partial charge in [-0.05, 0) is 25.7 Å². The van der Waals surface area contributed by atoms with Gasteiger partial charge in [-0.2, -0.15) is 0 Å². The van der Waals surface area contributed by atoms with E-state index in [0.717, 1.165) is 0 Å². The Morgan fingerprint density at radius 2 is 0.960 bits per heavy atom. The van der Waals surface area contributed by atoms with Gasteiger partial charge in [-0.15, -0.1) is 0 Å². The zero-order valence-corrected chi connectivity index (χ0v) is 17.6. The van der Waals surface area contributed by atoms with E-state index < -0.39 is 0 Å². The van der Waals surface area contributed by atoms with Crippen molar-refractivity contribution in [1.82, 2.24) is 9.80 Å². The van der Waals surface area contributed by atoms with Gasteiger partial charge >= 0.3 is 0 Å². The number of unbranched alkanes of at least 4 members (excludes halogenated alkanes) is 11. The van der Waals surface area contributed by atoms with Crippen molar-refractivity contribution in [2.24, 2.45) is 0 Å². The second-order valence-electron chi connectivity index (χ2n) is 7.93. The molecule has 0 aliphatic carbocycles. The molecule has 1 atom stereocenters. The highest BCUT2D eigenvalue weighted by Crippen LogP contribution is 2.23. The van der Waals surface area contributed by atoms with Crippen molar-refractivity contribution in [3.63, 3.8) is 0 Å². The van der Waals surface area contributed by atoms with E-state index in [1.165, 1.54) is 109 Å². The molecule has 0 amide bonds. The first-order valence-electron chi connectivity index (χ1n) is 11.5. The fourth-order valence-corrected chi connectivity index (χ4v) is 3.86. The van der Waals surface area contributed by atoms with Crippen LogP contribution in [-0.2, 0) is 0 Å². The first-order valence-corrected chi connectivity index (χ1v) is 11.5. The molecule has 0 aromatic carbocycles. The predicted octanol–water partition coefficient (Wildman–Crippen LogP) is 7.31. The Balaban J connectivity index is 2.28. The van der Waals surface area contributed by atoms with E-state index in [1.807, 2.05) is 0 Å². The summed E-state index contributed by atoms with van der Waals surface area (Å²) >= 11 is 0. The maximum absolute atomic E-state index is 2.64. The van der Waals surface area contributed by atoms with Crippen LogP contribution in [0.15, 0.2) is 12.4 Å². The quantitative estimate of drug-likeness (QED) is 0.254. The highest BCUT2D eigenvalue weighted by molar-refractivity contribution is 4.96. The minimum Gasteiger partial charge on any atom is -0.356 e. The molecule has 0 spiro atoms. The summed E-state index contributed by atoms with van der Waals surface area (Å²) in [6.07, 6.45) is 26.2. The molecule has 25 heavy (non-hydrogen) atoms. The highest BCUT2D eigenvalue weighted by atomic mass is 15.4. The number of nitrogens with zero attached hydrogens (tertiary/aromatic N) is 2. The van der Waals surface area contributed by atoms with Crippen LogP contribution in [0.1, 0.15) is 117 Å². The van der Waals surface area contributed by atoms with Crippen LogP contribution in [0.4, 0.5) is 0 Å². The van der Waals surface area contributed by atoms with Crippen LogP contribution >= 0.6 is 0 Å². The number of rotatable bonds is 17. The first kappa shape index (κ1) is 22.4. The van der Waals surface area contributed by atoms with Gasteiger partial charge in [0.15, 0.2) is 0 Å². The summed E-state index contributed by atoms with van der Waals surface area (Å²) in [5.41, 5.74) is 0. The summed E-state index contributed by atoms with van der Waals surface area (Å²) in [5, 5.41) is 0. The Morgan fingerprint density at radius 1 is 0.520 bits per heavy atom. The molecule has 0 aromatic heterocycles. The Kier molecular flexibility index (Phi) is 14.0. The maximum Gasteiger partial charge on any atom is 0.101 e. The minimum absolute atomic E-state index is 0.647. The van der Waals surface area contributed by atoms with Gasteiger partial charge in [0.05, 0.1) is 0 Å². The van der Waals surface area contributed by atoms with E-state index in [-0.39, 0.29) is 0 Å². The van der Waals surface area contributed by atoms with Crippen LogP contribution < -0.4 is 0 Å².